The molecule has 1 aliphatic carbocycles. The summed E-state index contributed by atoms with van der Waals surface area (Å²) < 4.78 is 16.6. The molecular weight excluding hydrogens is 524 g/mol. The topological polar surface area (TPSA) is 121 Å². The zero-order valence-corrected chi connectivity index (χ0v) is 25.3. The van der Waals surface area contributed by atoms with Crippen molar-refractivity contribution in [3.05, 3.63) is 53.4 Å². The smallest absolute Gasteiger partial charge is 0.360 e. The van der Waals surface area contributed by atoms with Crippen LogP contribution in [0.2, 0.25) is 0 Å². The van der Waals surface area contributed by atoms with Gasteiger partial charge in [-0.3, -0.25) is 14.4 Å². The lowest BCUT2D eigenvalue weighted by atomic mass is 9.95. The number of pyridine rings is 1. The summed E-state index contributed by atoms with van der Waals surface area (Å²) in [6.45, 7) is 16.8. The molecule has 0 radical (unpaired) electrons. The molecule has 41 heavy (non-hydrogen) atoms. The third kappa shape index (κ3) is 8.74. The maximum absolute atomic E-state index is 13.6. The van der Waals surface area contributed by atoms with Crippen molar-refractivity contribution in [1.29, 1.82) is 0 Å². The van der Waals surface area contributed by atoms with Crippen molar-refractivity contribution in [2.24, 2.45) is 17.3 Å². The van der Waals surface area contributed by atoms with E-state index >= 15 is 0 Å². The Morgan fingerprint density at radius 1 is 1.07 bits per heavy atom. The predicted octanol–water partition coefficient (Wildman–Crippen LogP) is 6.11. The number of carbonyl (C=O) groups is 4. The summed E-state index contributed by atoms with van der Waals surface area (Å²) in [5.41, 5.74) is 0.441. The van der Waals surface area contributed by atoms with Crippen LogP contribution in [0.15, 0.2) is 30.8 Å². The van der Waals surface area contributed by atoms with Crippen molar-refractivity contribution in [3.63, 3.8) is 0 Å². The van der Waals surface area contributed by atoms with Gasteiger partial charge in [-0.2, -0.15) is 0 Å². The molecule has 1 amide bonds. The van der Waals surface area contributed by atoms with E-state index < -0.39 is 29.6 Å². The van der Waals surface area contributed by atoms with Crippen LogP contribution < -0.4 is 10.1 Å². The molecule has 1 heterocycles. The minimum absolute atomic E-state index is 0.0152. The monoisotopic (exact) mass is 566 g/mol. The van der Waals surface area contributed by atoms with E-state index in [4.69, 9.17) is 14.2 Å². The highest BCUT2D eigenvalue weighted by molar-refractivity contribution is 6.01. The Kier molecular flexibility index (Phi) is 11.8. The first-order valence-corrected chi connectivity index (χ1v) is 13.9. The SMILES string of the molecule is C=Cc1cc(C=O)c(-c2ccc(C(=O)NCC3CC3)nc2C(=O)OC(OC(=O)C(C)(C)C)C(C)C)cc1OC.CC. The van der Waals surface area contributed by atoms with Gasteiger partial charge in [-0.25, -0.2) is 9.78 Å². The molecule has 2 aromatic rings. The molecule has 9 heteroatoms. The highest BCUT2D eigenvalue weighted by Crippen LogP contribution is 2.34. The van der Waals surface area contributed by atoms with Gasteiger partial charge in [-0.1, -0.05) is 40.3 Å². The highest BCUT2D eigenvalue weighted by atomic mass is 16.7. The van der Waals surface area contributed by atoms with E-state index in [-0.39, 0.29) is 28.4 Å². The Morgan fingerprint density at radius 3 is 2.24 bits per heavy atom. The van der Waals surface area contributed by atoms with E-state index in [0.717, 1.165) is 12.8 Å². The minimum atomic E-state index is -1.20. The van der Waals surface area contributed by atoms with Gasteiger partial charge in [0.25, 0.3) is 5.91 Å². The fourth-order valence-electron chi connectivity index (χ4n) is 3.63. The van der Waals surface area contributed by atoms with Gasteiger partial charge in [-0.05, 0) is 69.4 Å². The van der Waals surface area contributed by atoms with Gasteiger partial charge in [0, 0.05) is 29.2 Å². The van der Waals surface area contributed by atoms with Gasteiger partial charge in [-0.15, -0.1) is 0 Å². The molecule has 1 N–H and O–H groups in total. The van der Waals surface area contributed by atoms with E-state index in [1.54, 1.807) is 52.8 Å². The van der Waals surface area contributed by atoms with Gasteiger partial charge in [0.2, 0.25) is 6.29 Å². The zero-order valence-electron chi connectivity index (χ0n) is 25.3. The molecule has 1 atom stereocenters. The second-order valence-corrected chi connectivity index (χ2v) is 10.9. The molecule has 0 aliphatic heterocycles. The van der Waals surface area contributed by atoms with Crippen LogP contribution in [0.4, 0.5) is 0 Å². The van der Waals surface area contributed by atoms with Crippen molar-refractivity contribution in [2.45, 2.75) is 67.6 Å². The maximum atomic E-state index is 13.6. The van der Waals surface area contributed by atoms with Gasteiger partial charge >= 0.3 is 11.9 Å². The number of methoxy groups -OCH3 is 1. The van der Waals surface area contributed by atoms with E-state index in [0.29, 0.717) is 35.6 Å². The molecule has 1 saturated carbocycles. The molecule has 1 aliphatic rings. The molecule has 1 aromatic carbocycles. The average Bonchev–Trinajstić information content (AvgIpc) is 3.79. The molecular formula is C32H42N2O7. The lowest BCUT2D eigenvalue weighted by Crippen LogP contribution is -2.34. The van der Waals surface area contributed by atoms with Crippen LogP contribution in [0.25, 0.3) is 17.2 Å². The molecule has 3 rings (SSSR count). The van der Waals surface area contributed by atoms with Crippen LogP contribution in [-0.2, 0) is 14.3 Å². The Balaban J connectivity index is 0.00000287. The largest absolute Gasteiger partial charge is 0.496 e. The standard InChI is InChI=1S/C30H36N2O7.C2H6/c1-8-19-13-20(16-33)22(14-24(19)37-7)21-11-12-23(26(34)31-15-18-9-10-18)32-25(21)27(35)38-28(17(2)3)39-29(36)30(4,5)6;1-2/h8,11-14,16-18,28H,1,9-10,15H2,2-7H3,(H,31,34);1-2H3. The van der Waals surface area contributed by atoms with Crippen molar-refractivity contribution in [2.75, 3.05) is 13.7 Å². The van der Waals surface area contributed by atoms with Crippen molar-refractivity contribution in [3.8, 4) is 16.9 Å². The Bertz CT molecular complexity index is 1270. The fraction of sp³-hybridized carbons (Fsp3) is 0.469. The van der Waals surface area contributed by atoms with E-state index in [1.807, 2.05) is 13.8 Å². The molecule has 0 bridgehead atoms. The molecule has 1 unspecified atom stereocenters. The van der Waals surface area contributed by atoms with Gasteiger partial charge in [0.15, 0.2) is 12.0 Å². The fourth-order valence-corrected chi connectivity index (χ4v) is 3.63. The summed E-state index contributed by atoms with van der Waals surface area (Å²) in [6, 6.07) is 6.20. The number of nitrogens with zero attached hydrogens (tertiary/aromatic N) is 1. The number of aromatic nitrogens is 1. The Morgan fingerprint density at radius 2 is 1.73 bits per heavy atom. The lowest BCUT2D eigenvalue weighted by Gasteiger charge is -2.25. The summed E-state index contributed by atoms with van der Waals surface area (Å²) in [6.07, 6.45) is 3.12. The number of esters is 2. The molecule has 1 fully saturated rings. The third-order valence-corrected chi connectivity index (χ3v) is 6.21. The number of hydrogen-bond donors (Lipinski definition) is 1. The predicted molar refractivity (Wildman–Crippen MR) is 158 cm³/mol. The number of benzene rings is 1. The Labute approximate surface area is 242 Å². The van der Waals surface area contributed by atoms with Gasteiger partial charge < -0.3 is 19.5 Å². The summed E-state index contributed by atoms with van der Waals surface area (Å²) >= 11 is 0. The van der Waals surface area contributed by atoms with Gasteiger partial charge in [0.1, 0.15) is 11.4 Å². The quantitative estimate of drug-likeness (QED) is 0.197. The number of carbonyl (C=O) groups excluding carboxylic acids is 4. The third-order valence-electron chi connectivity index (χ3n) is 6.21. The first-order chi connectivity index (χ1) is 19.4. The summed E-state index contributed by atoms with van der Waals surface area (Å²) in [4.78, 5) is 55.3. The summed E-state index contributed by atoms with van der Waals surface area (Å²) in [5, 5.41) is 2.83. The molecule has 1 aromatic heterocycles. The first-order valence-electron chi connectivity index (χ1n) is 13.9. The normalized spacial score (nSPS) is 13.3. The van der Waals surface area contributed by atoms with Crippen LogP contribution in [0.3, 0.4) is 0 Å². The van der Waals surface area contributed by atoms with Crippen LogP contribution in [0, 0.1) is 17.3 Å². The van der Waals surface area contributed by atoms with E-state index in [1.165, 1.54) is 19.2 Å². The summed E-state index contributed by atoms with van der Waals surface area (Å²) in [7, 11) is 1.48. The van der Waals surface area contributed by atoms with Crippen LogP contribution in [0.5, 0.6) is 5.75 Å². The second-order valence-electron chi connectivity index (χ2n) is 10.9. The van der Waals surface area contributed by atoms with Crippen LogP contribution in [0.1, 0.15) is 98.2 Å². The zero-order chi connectivity index (χ0) is 30.9. The summed E-state index contributed by atoms with van der Waals surface area (Å²) in [5.74, 6) is -1.37. The number of rotatable bonds is 11. The Hall–Kier alpha value is -4.01. The van der Waals surface area contributed by atoms with Crippen LogP contribution in [-0.4, -0.2) is 49.1 Å². The molecule has 0 saturated heterocycles. The highest BCUT2D eigenvalue weighted by Gasteiger charge is 2.32. The number of hydrogen-bond acceptors (Lipinski definition) is 8. The maximum Gasteiger partial charge on any atom is 0.360 e. The first kappa shape index (κ1) is 33.2. The van der Waals surface area contributed by atoms with E-state index in [2.05, 4.69) is 16.9 Å². The van der Waals surface area contributed by atoms with E-state index in [9.17, 15) is 19.2 Å². The number of nitrogens with one attached hydrogen (secondary N) is 1. The van der Waals surface area contributed by atoms with Crippen molar-refractivity contribution >= 4 is 30.2 Å². The number of ether oxygens (including phenoxy) is 3. The van der Waals surface area contributed by atoms with Crippen LogP contribution >= 0.6 is 0 Å². The van der Waals surface area contributed by atoms with Crippen molar-refractivity contribution < 1.29 is 33.4 Å². The molecule has 9 nitrogen and oxygen atoms in total. The minimum Gasteiger partial charge on any atom is -0.496 e. The number of amides is 1. The lowest BCUT2D eigenvalue weighted by molar-refractivity contribution is -0.184. The van der Waals surface area contributed by atoms with Gasteiger partial charge in [0.05, 0.1) is 12.5 Å². The average molecular weight is 567 g/mol. The van der Waals surface area contributed by atoms with Crippen molar-refractivity contribution in [1.82, 2.24) is 10.3 Å². The second kappa shape index (κ2) is 14.6. The molecule has 0 spiro atoms. The number of aldehydes is 1. The molecule has 222 valence electrons.